The van der Waals surface area contributed by atoms with Gasteiger partial charge in [0.05, 0.1) is 19.3 Å². The number of amides is 1. The van der Waals surface area contributed by atoms with Crippen molar-refractivity contribution in [2.24, 2.45) is 0 Å². The van der Waals surface area contributed by atoms with Crippen molar-refractivity contribution >= 4 is 11.9 Å². The van der Waals surface area contributed by atoms with Crippen LogP contribution in [0.2, 0.25) is 0 Å². The molecular formula is C13H14FNO4. The maximum Gasteiger partial charge on any atom is 0.340 e. The van der Waals surface area contributed by atoms with Crippen molar-refractivity contribution in [3.63, 3.8) is 0 Å². The maximum absolute atomic E-state index is 13.7. The van der Waals surface area contributed by atoms with E-state index < -0.39 is 11.8 Å². The van der Waals surface area contributed by atoms with Crippen LogP contribution in [0.5, 0.6) is 0 Å². The molecule has 0 atom stereocenters. The monoisotopic (exact) mass is 267 g/mol. The van der Waals surface area contributed by atoms with Crippen molar-refractivity contribution in [1.82, 2.24) is 4.90 Å². The highest BCUT2D eigenvalue weighted by Gasteiger charge is 2.19. The van der Waals surface area contributed by atoms with Gasteiger partial charge in [0.1, 0.15) is 12.4 Å². The Labute approximate surface area is 109 Å². The number of nitrogens with zero attached hydrogens (tertiary/aromatic N) is 1. The number of methoxy groups -OCH3 is 1. The number of morpholine rings is 1. The van der Waals surface area contributed by atoms with Crippen LogP contribution < -0.4 is 0 Å². The summed E-state index contributed by atoms with van der Waals surface area (Å²) >= 11 is 0. The minimum absolute atomic E-state index is 0.0583. The van der Waals surface area contributed by atoms with Crippen molar-refractivity contribution in [3.05, 3.63) is 35.1 Å². The number of halogens is 1. The highest BCUT2D eigenvalue weighted by atomic mass is 19.1. The summed E-state index contributed by atoms with van der Waals surface area (Å²) in [5.74, 6) is -1.49. The van der Waals surface area contributed by atoms with Gasteiger partial charge in [-0.25, -0.2) is 9.18 Å². The smallest absolute Gasteiger partial charge is 0.340 e. The predicted octanol–water partition coefficient (Wildman–Crippen LogP) is 0.971. The van der Waals surface area contributed by atoms with Crippen LogP contribution in [0.1, 0.15) is 15.9 Å². The molecule has 0 aromatic heterocycles. The van der Waals surface area contributed by atoms with Crippen LogP contribution in [0.3, 0.4) is 0 Å². The van der Waals surface area contributed by atoms with E-state index in [1.807, 2.05) is 0 Å². The molecule has 1 saturated heterocycles. The molecule has 6 heteroatoms. The lowest BCUT2D eigenvalue weighted by atomic mass is 10.1. The van der Waals surface area contributed by atoms with Gasteiger partial charge in [0.2, 0.25) is 5.91 Å². The molecule has 0 bridgehead atoms. The van der Waals surface area contributed by atoms with Gasteiger partial charge in [-0.15, -0.1) is 0 Å². The summed E-state index contributed by atoms with van der Waals surface area (Å²) in [6.45, 7) is 1.33. The highest BCUT2D eigenvalue weighted by molar-refractivity contribution is 5.89. The van der Waals surface area contributed by atoms with E-state index in [0.29, 0.717) is 25.3 Å². The second-order valence-corrected chi connectivity index (χ2v) is 4.17. The molecule has 2 rings (SSSR count). The number of carbonyl (C=O) groups is 2. The Hall–Kier alpha value is -1.95. The molecule has 0 unspecified atom stereocenters. The lowest BCUT2D eigenvalue weighted by molar-refractivity contribution is -0.143. The molecule has 0 saturated carbocycles. The average Bonchev–Trinajstić information content (AvgIpc) is 2.41. The first kappa shape index (κ1) is 13.5. The van der Waals surface area contributed by atoms with Gasteiger partial charge in [0, 0.05) is 13.1 Å². The van der Waals surface area contributed by atoms with Crippen LogP contribution in [0.15, 0.2) is 18.2 Å². The van der Waals surface area contributed by atoms with E-state index in [1.165, 1.54) is 19.2 Å². The van der Waals surface area contributed by atoms with E-state index in [2.05, 4.69) is 4.74 Å². The first-order chi connectivity index (χ1) is 9.11. The fourth-order valence-electron chi connectivity index (χ4n) is 1.87. The normalized spacial score (nSPS) is 15.5. The topological polar surface area (TPSA) is 55.8 Å². The molecule has 1 amide bonds. The second-order valence-electron chi connectivity index (χ2n) is 4.17. The minimum atomic E-state index is -0.716. The molecule has 1 aliphatic rings. The molecule has 1 aliphatic heterocycles. The number of carbonyl (C=O) groups excluding carboxylic acids is 2. The molecule has 0 aliphatic carbocycles. The summed E-state index contributed by atoms with van der Waals surface area (Å²) in [6, 6.07) is 4.22. The summed E-state index contributed by atoms with van der Waals surface area (Å²) in [5, 5.41) is 0. The lowest BCUT2D eigenvalue weighted by Crippen LogP contribution is -2.40. The Morgan fingerprint density at radius 2 is 2.32 bits per heavy atom. The minimum Gasteiger partial charge on any atom is -0.465 e. The number of ether oxygens (including phenoxy) is 2. The molecule has 5 nitrogen and oxygen atoms in total. The standard InChI is InChI=1S/C13H14FNO4/c1-18-13(17)10-3-2-9(6-11(10)14)7-15-4-5-19-8-12(15)16/h2-3,6H,4-5,7-8H2,1H3. The first-order valence-corrected chi connectivity index (χ1v) is 5.84. The molecule has 0 radical (unpaired) electrons. The van der Waals surface area contributed by atoms with Gasteiger partial charge >= 0.3 is 5.97 Å². The number of benzene rings is 1. The SMILES string of the molecule is COC(=O)c1ccc(CN2CCOCC2=O)cc1F. The predicted molar refractivity (Wildman–Crippen MR) is 64.0 cm³/mol. The molecule has 102 valence electrons. The van der Waals surface area contributed by atoms with Crippen LogP contribution >= 0.6 is 0 Å². The molecule has 0 spiro atoms. The molecular weight excluding hydrogens is 253 g/mol. The zero-order chi connectivity index (χ0) is 13.8. The maximum atomic E-state index is 13.7. The van der Waals surface area contributed by atoms with Crippen LogP contribution in [0.4, 0.5) is 4.39 Å². The molecule has 19 heavy (non-hydrogen) atoms. The van der Waals surface area contributed by atoms with E-state index in [4.69, 9.17) is 4.74 Å². The summed E-state index contributed by atoms with van der Waals surface area (Å²) in [5.41, 5.74) is 0.514. The van der Waals surface area contributed by atoms with Gasteiger partial charge in [-0.2, -0.15) is 0 Å². The summed E-state index contributed by atoms with van der Waals surface area (Å²) in [4.78, 5) is 24.4. The van der Waals surface area contributed by atoms with Crippen LogP contribution in [-0.4, -0.2) is 43.6 Å². The quantitative estimate of drug-likeness (QED) is 0.766. The fourth-order valence-corrected chi connectivity index (χ4v) is 1.87. The van der Waals surface area contributed by atoms with Gasteiger partial charge in [-0.1, -0.05) is 6.07 Å². The van der Waals surface area contributed by atoms with E-state index in [9.17, 15) is 14.0 Å². The van der Waals surface area contributed by atoms with Crippen LogP contribution in [0.25, 0.3) is 0 Å². The van der Waals surface area contributed by atoms with Crippen molar-refractivity contribution in [2.75, 3.05) is 26.9 Å². The first-order valence-electron chi connectivity index (χ1n) is 5.84. The van der Waals surface area contributed by atoms with E-state index in [-0.39, 0.29) is 18.1 Å². The molecule has 1 aromatic carbocycles. The average molecular weight is 267 g/mol. The third kappa shape index (κ3) is 3.08. The van der Waals surface area contributed by atoms with E-state index in [0.717, 1.165) is 0 Å². The fraction of sp³-hybridized carbons (Fsp3) is 0.385. The van der Waals surface area contributed by atoms with Crippen molar-refractivity contribution in [2.45, 2.75) is 6.54 Å². The summed E-state index contributed by atoms with van der Waals surface area (Å²) in [7, 11) is 1.20. The Balaban J connectivity index is 2.11. The Kier molecular flexibility index (Phi) is 4.11. The largest absolute Gasteiger partial charge is 0.465 e. The van der Waals surface area contributed by atoms with Crippen molar-refractivity contribution in [3.8, 4) is 0 Å². The molecule has 1 heterocycles. The summed E-state index contributed by atoms with van der Waals surface area (Å²) < 4.78 is 23.2. The van der Waals surface area contributed by atoms with Gasteiger partial charge in [0.15, 0.2) is 0 Å². The summed E-state index contributed by atoms with van der Waals surface area (Å²) in [6.07, 6.45) is 0. The molecule has 1 aromatic rings. The van der Waals surface area contributed by atoms with Gasteiger partial charge < -0.3 is 14.4 Å². The van der Waals surface area contributed by atoms with Crippen molar-refractivity contribution < 1.29 is 23.5 Å². The third-order valence-corrected chi connectivity index (χ3v) is 2.90. The Bertz CT molecular complexity index is 503. The van der Waals surface area contributed by atoms with Crippen molar-refractivity contribution in [1.29, 1.82) is 0 Å². The lowest BCUT2D eigenvalue weighted by Gasteiger charge is -2.26. The van der Waals surface area contributed by atoms with E-state index in [1.54, 1.807) is 11.0 Å². The van der Waals surface area contributed by atoms with Gasteiger partial charge in [-0.05, 0) is 17.7 Å². The third-order valence-electron chi connectivity index (χ3n) is 2.90. The number of esters is 1. The van der Waals surface area contributed by atoms with Crippen LogP contribution in [-0.2, 0) is 20.8 Å². The van der Waals surface area contributed by atoms with Gasteiger partial charge in [-0.3, -0.25) is 4.79 Å². The number of hydrogen-bond donors (Lipinski definition) is 0. The second kappa shape index (κ2) is 5.79. The van der Waals surface area contributed by atoms with Gasteiger partial charge in [0.25, 0.3) is 0 Å². The van der Waals surface area contributed by atoms with E-state index >= 15 is 0 Å². The zero-order valence-electron chi connectivity index (χ0n) is 10.5. The Morgan fingerprint density at radius 3 is 2.95 bits per heavy atom. The number of rotatable bonds is 3. The van der Waals surface area contributed by atoms with Crippen LogP contribution in [0, 0.1) is 5.82 Å². The Morgan fingerprint density at radius 1 is 1.53 bits per heavy atom. The molecule has 1 fully saturated rings. The highest BCUT2D eigenvalue weighted by Crippen LogP contribution is 2.14. The zero-order valence-corrected chi connectivity index (χ0v) is 10.5. The number of hydrogen-bond acceptors (Lipinski definition) is 4. The molecule has 0 N–H and O–H groups in total.